The molecule has 0 radical (unpaired) electrons. The van der Waals surface area contributed by atoms with Crippen molar-refractivity contribution in [3.8, 4) is 0 Å². The van der Waals surface area contributed by atoms with Gasteiger partial charge >= 0.3 is 6.18 Å². The minimum absolute atomic E-state index is 0.0985. The molecule has 3 heterocycles. The van der Waals surface area contributed by atoms with Crippen LogP contribution in [0.1, 0.15) is 24.6 Å². The SMILES string of the molecule is FC(F)(F)c1ccn(C2CCCN(c3ncccn3)C2)n1. The minimum atomic E-state index is -4.40. The first-order chi connectivity index (χ1) is 10.0. The van der Waals surface area contributed by atoms with Gasteiger partial charge < -0.3 is 4.90 Å². The highest BCUT2D eigenvalue weighted by Gasteiger charge is 2.34. The van der Waals surface area contributed by atoms with Crippen molar-refractivity contribution in [1.82, 2.24) is 19.7 Å². The molecule has 2 aromatic heterocycles. The van der Waals surface area contributed by atoms with Gasteiger partial charge in [-0.25, -0.2) is 9.97 Å². The topological polar surface area (TPSA) is 46.8 Å². The van der Waals surface area contributed by atoms with Gasteiger partial charge in [-0.3, -0.25) is 4.68 Å². The number of rotatable bonds is 2. The maximum atomic E-state index is 12.6. The second-order valence-corrected chi connectivity index (χ2v) is 4.97. The molecule has 1 aliphatic heterocycles. The quantitative estimate of drug-likeness (QED) is 0.854. The van der Waals surface area contributed by atoms with Gasteiger partial charge in [0.1, 0.15) is 0 Å². The lowest BCUT2D eigenvalue weighted by Gasteiger charge is -2.32. The van der Waals surface area contributed by atoms with Crippen molar-refractivity contribution in [2.45, 2.75) is 25.1 Å². The summed E-state index contributed by atoms with van der Waals surface area (Å²) in [6.45, 7) is 1.36. The molecule has 2 aromatic rings. The molecule has 5 nitrogen and oxygen atoms in total. The van der Waals surface area contributed by atoms with Gasteiger partial charge in [-0.1, -0.05) is 0 Å². The van der Waals surface area contributed by atoms with Gasteiger partial charge in [-0.2, -0.15) is 18.3 Å². The maximum absolute atomic E-state index is 12.6. The van der Waals surface area contributed by atoms with Crippen LogP contribution in [0.25, 0.3) is 0 Å². The predicted octanol–water partition coefficient (Wildman–Crippen LogP) is 2.53. The molecule has 0 aromatic carbocycles. The smallest absolute Gasteiger partial charge is 0.339 e. The van der Waals surface area contributed by atoms with E-state index < -0.39 is 11.9 Å². The van der Waals surface area contributed by atoms with E-state index in [1.54, 1.807) is 18.5 Å². The highest BCUT2D eigenvalue weighted by molar-refractivity contribution is 5.29. The third kappa shape index (κ3) is 2.98. The zero-order chi connectivity index (χ0) is 14.9. The highest BCUT2D eigenvalue weighted by Crippen LogP contribution is 2.29. The number of piperidine rings is 1. The minimum Gasteiger partial charge on any atom is -0.339 e. The molecule has 1 fully saturated rings. The molecule has 0 aliphatic carbocycles. The van der Waals surface area contributed by atoms with Gasteiger partial charge in [0.2, 0.25) is 5.95 Å². The van der Waals surface area contributed by atoms with Gasteiger partial charge in [0.05, 0.1) is 6.04 Å². The Hall–Kier alpha value is -2.12. The summed E-state index contributed by atoms with van der Waals surface area (Å²) in [6.07, 6.45) is 1.96. The van der Waals surface area contributed by atoms with Gasteiger partial charge in [0, 0.05) is 31.7 Å². The molecule has 0 spiro atoms. The summed E-state index contributed by atoms with van der Waals surface area (Å²) in [6, 6.07) is 2.64. The van der Waals surface area contributed by atoms with E-state index in [4.69, 9.17) is 0 Å². The van der Waals surface area contributed by atoms with Crippen molar-refractivity contribution in [2.75, 3.05) is 18.0 Å². The molecule has 0 bridgehead atoms. The molecule has 21 heavy (non-hydrogen) atoms. The maximum Gasteiger partial charge on any atom is 0.435 e. The lowest BCUT2D eigenvalue weighted by molar-refractivity contribution is -0.141. The van der Waals surface area contributed by atoms with E-state index >= 15 is 0 Å². The standard InChI is InChI=1S/C13H14F3N5/c14-13(15,16)11-4-8-21(19-11)10-3-1-7-20(9-10)12-17-5-2-6-18-12/h2,4-6,8,10H,1,3,7,9H2. The summed E-state index contributed by atoms with van der Waals surface area (Å²) in [5, 5.41) is 3.66. The first kappa shape index (κ1) is 13.8. The largest absolute Gasteiger partial charge is 0.435 e. The van der Waals surface area contributed by atoms with Crippen LogP contribution >= 0.6 is 0 Å². The van der Waals surface area contributed by atoms with Crippen LogP contribution in [0.3, 0.4) is 0 Å². The Bertz CT molecular complexity index is 595. The van der Waals surface area contributed by atoms with E-state index in [1.807, 2.05) is 4.90 Å². The molecule has 0 N–H and O–H groups in total. The molecule has 0 saturated carbocycles. The first-order valence-electron chi connectivity index (χ1n) is 6.68. The monoisotopic (exact) mass is 297 g/mol. The molecular weight excluding hydrogens is 283 g/mol. The van der Waals surface area contributed by atoms with Gasteiger partial charge in [0.25, 0.3) is 0 Å². The molecule has 3 rings (SSSR count). The van der Waals surface area contributed by atoms with E-state index in [0.29, 0.717) is 12.5 Å². The summed E-state index contributed by atoms with van der Waals surface area (Å²) in [5.41, 5.74) is -0.851. The van der Waals surface area contributed by atoms with Gasteiger partial charge in [-0.15, -0.1) is 0 Å². The fraction of sp³-hybridized carbons (Fsp3) is 0.462. The Morgan fingerprint density at radius 2 is 1.95 bits per heavy atom. The van der Waals surface area contributed by atoms with E-state index in [2.05, 4.69) is 15.1 Å². The van der Waals surface area contributed by atoms with E-state index in [9.17, 15) is 13.2 Å². The summed E-state index contributed by atoms with van der Waals surface area (Å²) in [7, 11) is 0. The van der Waals surface area contributed by atoms with Crippen LogP contribution < -0.4 is 4.90 Å². The molecule has 8 heteroatoms. The van der Waals surface area contributed by atoms with Crippen molar-refractivity contribution < 1.29 is 13.2 Å². The number of anilines is 1. The second kappa shape index (κ2) is 5.34. The molecular formula is C13H14F3N5. The second-order valence-electron chi connectivity index (χ2n) is 4.97. The van der Waals surface area contributed by atoms with Crippen LogP contribution in [0.2, 0.25) is 0 Å². The molecule has 0 amide bonds. The highest BCUT2D eigenvalue weighted by atomic mass is 19.4. The summed E-state index contributed by atoms with van der Waals surface area (Å²) in [5.74, 6) is 0.602. The molecule has 1 atom stereocenters. The number of hydrogen-bond donors (Lipinski definition) is 0. The van der Waals surface area contributed by atoms with Crippen LogP contribution in [-0.4, -0.2) is 32.8 Å². The Morgan fingerprint density at radius 3 is 2.62 bits per heavy atom. The summed E-state index contributed by atoms with van der Waals surface area (Å²) < 4.78 is 39.2. The third-order valence-corrected chi connectivity index (χ3v) is 3.50. The van der Waals surface area contributed by atoms with Crippen molar-refractivity contribution >= 4 is 5.95 Å². The van der Waals surface area contributed by atoms with Gasteiger partial charge in [-0.05, 0) is 25.0 Å². The van der Waals surface area contributed by atoms with Crippen molar-refractivity contribution in [3.05, 3.63) is 36.4 Å². The van der Waals surface area contributed by atoms with Gasteiger partial charge in [0.15, 0.2) is 5.69 Å². The fourth-order valence-electron chi connectivity index (χ4n) is 2.50. The van der Waals surface area contributed by atoms with E-state index in [0.717, 1.165) is 25.5 Å². The third-order valence-electron chi connectivity index (χ3n) is 3.50. The average molecular weight is 297 g/mol. The number of alkyl halides is 3. The molecule has 1 saturated heterocycles. The lowest BCUT2D eigenvalue weighted by atomic mass is 10.1. The Morgan fingerprint density at radius 1 is 1.19 bits per heavy atom. The lowest BCUT2D eigenvalue weighted by Crippen LogP contribution is -2.37. The molecule has 112 valence electrons. The van der Waals surface area contributed by atoms with Crippen LogP contribution in [0.5, 0.6) is 0 Å². The summed E-state index contributed by atoms with van der Waals surface area (Å²) in [4.78, 5) is 10.3. The number of hydrogen-bond acceptors (Lipinski definition) is 4. The van der Waals surface area contributed by atoms with Crippen molar-refractivity contribution in [3.63, 3.8) is 0 Å². The number of nitrogens with zero attached hydrogens (tertiary/aromatic N) is 5. The van der Waals surface area contributed by atoms with Crippen LogP contribution in [0.4, 0.5) is 19.1 Å². The Balaban J connectivity index is 1.76. The Labute approximate surface area is 119 Å². The zero-order valence-electron chi connectivity index (χ0n) is 11.2. The molecule has 1 aliphatic rings. The van der Waals surface area contributed by atoms with Crippen LogP contribution in [-0.2, 0) is 6.18 Å². The van der Waals surface area contributed by atoms with Crippen molar-refractivity contribution in [1.29, 1.82) is 0 Å². The predicted molar refractivity (Wildman–Crippen MR) is 69.7 cm³/mol. The van der Waals surface area contributed by atoms with E-state index in [-0.39, 0.29) is 6.04 Å². The zero-order valence-corrected chi connectivity index (χ0v) is 11.2. The first-order valence-corrected chi connectivity index (χ1v) is 6.68. The number of halogens is 3. The van der Waals surface area contributed by atoms with Crippen molar-refractivity contribution in [2.24, 2.45) is 0 Å². The average Bonchev–Trinajstić information content (AvgIpc) is 2.98. The normalized spacial score (nSPS) is 19.8. The summed E-state index contributed by atoms with van der Waals surface area (Å²) >= 11 is 0. The van der Waals surface area contributed by atoms with Crippen LogP contribution in [0, 0.1) is 0 Å². The fourth-order valence-corrected chi connectivity index (χ4v) is 2.50. The van der Waals surface area contributed by atoms with E-state index in [1.165, 1.54) is 10.9 Å². The van der Waals surface area contributed by atoms with Crippen LogP contribution in [0.15, 0.2) is 30.7 Å². The number of aromatic nitrogens is 4. The Kier molecular flexibility index (Phi) is 3.52. The molecule has 1 unspecified atom stereocenters.